The maximum atomic E-state index is 11.8. The molecule has 84 valence electrons. The lowest BCUT2D eigenvalue weighted by Crippen LogP contribution is -2.73. The van der Waals surface area contributed by atoms with Crippen LogP contribution in [0.4, 0.5) is 0 Å². The van der Waals surface area contributed by atoms with Gasteiger partial charge in [-0.3, -0.25) is 4.79 Å². The van der Waals surface area contributed by atoms with E-state index >= 15 is 0 Å². The van der Waals surface area contributed by atoms with E-state index in [0.29, 0.717) is 6.42 Å². The first-order valence-corrected chi connectivity index (χ1v) is 5.57. The van der Waals surface area contributed by atoms with Gasteiger partial charge in [-0.2, -0.15) is 0 Å². The van der Waals surface area contributed by atoms with Gasteiger partial charge in [-0.15, -0.1) is 0 Å². The monoisotopic (exact) mass is 211 g/mol. The van der Waals surface area contributed by atoms with E-state index < -0.39 is 11.1 Å². The highest BCUT2D eigenvalue weighted by molar-refractivity contribution is 6.01. The molecule has 0 saturated carbocycles. The lowest BCUT2D eigenvalue weighted by atomic mass is 9.69. The summed E-state index contributed by atoms with van der Waals surface area (Å²) in [4.78, 5) is 23.3. The minimum absolute atomic E-state index is 0.0351. The van der Waals surface area contributed by atoms with Gasteiger partial charge in [-0.25, -0.2) is 4.79 Å². The van der Waals surface area contributed by atoms with Crippen molar-refractivity contribution in [2.45, 2.75) is 51.2 Å². The molecule has 2 saturated heterocycles. The van der Waals surface area contributed by atoms with Gasteiger partial charge in [0, 0.05) is 0 Å². The number of fused-ring (bicyclic) bond motifs is 1. The van der Waals surface area contributed by atoms with Gasteiger partial charge in [0.15, 0.2) is 11.1 Å². The average Bonchev–Trinajstić information content (AvgIpc) is 2.36. The molecular weight excluding hydrogens is 194 g/mol. The summed E-state index contributed by atoms with van der Waals surface area (Å²) in [6.07, 6.45) is 2.30. The summed E-state index contributed by atoms with van der Waals surface area (Å²) in [6, 6.07) is 0. The van der Waals surface area contributed by atoms with Gasteiger partial charge in [0.05, 0.1) is 5.92 Å². The fourth-order valence-electron chi connectivity index (χ4n) is 2.89. The van der Waals surface area contributed by atoms with E-state index in [9.17, 15) is 9.59 Å². The first-order valence-electron chi connectivity index (χ1n) is 5.57. The second kappa shape index (κ2) is 2.97. The zero-order chi connectivity index (χ0) is 11.3. The lowest BCUT2D eigenvalue weighted by molar-refractivity contribution is -0.220. The van der Waals surface area contributed by atoms with E-state index in [4.69, 9.17) is 4.74 Å². The minimum Gasteiger partial charge on any atom is -0.453 e. The normalized spacial score (nSPS) is 43.0. The van der Waals surface area contributed by atoms with Crippen molar-refractivity contribution in [1.29, 1.82) is 0 Å². The molecule has 2 unspecified atom stereocenters. The first-order chi connectivity index (χ1) is 7.02. The van der Waals surface area contributed by atoms with Crippen molar-refractivity contribution in [3.63, 3.8) is 0 Å². The number of carbonyl (C=O) groups excluding carboxylic acids is 2. The molecule has 1 N–H and O–H groups in total. The molecule has 4 heteroatoms. The molecule has 0 aromatic rings. The van der Waals surface area contributed by atoms with Crippen LogP contribution in [0.5, 0.6) is 0 Å². The van der Waals surface area contributed by atoms with Crippen molar-refractivity contribution >= 4 is 11.9 Å². The molecule has 0 aromatic heterocycles. The number of carbonyl (C=O) groups is 2. The smallest absolute Gasteiger partial charge is 0.336 e. The number of esters is 1. The summed E-state index contributed by atoms with van der Waals surface area (Å²) in [5.41, 5.74) is -1.37. The van der Waals surface area contributed by atoms with Crippen molar-refractivity contribution in [1.82, 2.24) is 5.32 Å². The Labute approximate surface area is 89.4 Å². The number of ether oxygens (including phenoxy) is 1. The van der Waals surface area contributed by atoms with E-state index in [1.165, 1.54) is 0 Å². The summed E-state index contributed by atoms with van der Waals surface area (Å²) in [5, 5.41) is 2.83. The van der Waals surface area contributed by atoms with Gasteiger partial charge in [0.2, 0.25) is 5.91 Å². The molecule has 0 bridgehead atoms. The molecule has 2 heterocycles. The van der Waals surface area contributed by atoms with Crippen LogP contribution in [0.25, 0.3) is 0 Å². The van der Waals surface area contributed by atoms with Crippen LogP contribution in [-0.4, -0.2) is 23.0 Å². The third-order valence-electron chi connectivity index (χ3n) is 3.93. The van der Waals surface area contributed by atoms with Crippen molar-refractivity contribution in [2.75, 3.05) is 0 Å². The predicted molar refractivity (Wildman–Crippen MR) is 54.1 cm³/mol. The maximum absolute atomic E-state index is 11.8. The van der Waals surface area contributed by atoms with Crippen LogP contribution in [-0.2, 0) is 14.3 Å². The molecule has 0 aliphatic carbocycles. The Hall–Kier alpha value is -1.06. The molecule has 2 aliphatic rings. The molecule has 4 nitrogen and oxygen atoms in total. The van der Waals surface area contributed by atoms with Crippen LogP contribution in [0.3, 0.4) is 0 Å². The van der Waals surface area contributed by atoms with Crippen LogP contribution in [0, 0.1) is 5.92 Å². The second-order valence-corrected chi connectivity index (χ2v) is 4.59. The van der Waals surface area contributed by atoms with Crippen LogP contribution in [0.2, 0.25) is 0 Å². The van der Waals surface area contributed by atoms with Crippen LogP contribution >= 0.6 is 0 Å². The van der Waals surface area contributed by atoms with E-state index in [-0.39, 0.29) is 17.8 Å². The fourth-order valence-corrected chi connectivity index (χ4v) is 2.89. The van der Waals surface area contributed by atoms with Crippen molar-refractivity contribution in [3.05, 3.63) is 0 Å². The standard InChI is InChI=1S/C11H17NO3/c1-4-6-7-8(13)12-11(5-2)9(14)15-10(7,11)3/h7H,4-6H2,1-3H3,(H,12,13)/t7?,10-,11?/m0/s1. The Kier molecular flexibility index (Phi) is 2.07. The lowest BCUT2D eigenvalue weighted by Gasteiger charge is -2.51. The summed E-state index contributed by atoms with van der Waals surface area (Å²) in [5.74, 6) is -0.494. The third-order valence-corrected chi connectivity index (χ3v) is 3.93. The second-order valence-electron chi connectivity index (χ2n) is 4.59. The molecule has 2 rings (SSSR count). The highest BCUT2D eigenvalue weighted by Gasteiger charge is 2.74. The number of amides is 1. The van der Waals surface area contributed by atoms with Crippen LogP contribution in [0.1, 0.15) is 40.0 Å². The van der Waals surface area contributed by atoms with Crippen molar-refractivity contribution in [2.24, 2.45) is 5.92 Å². The van der Waals surface area contributed by atoms with Gasteiger partial charge in [-0.1, -0.05) is 20.3 Å². The SMILES string of the molecule is CCCC1C(=O)NC2(CC)C(=O)O[C@@]12C. The van der Waals surface area contributed by atoms with Gasteiger partial charge < -0.3 is 10.1 Å². The van der Waals surface area contributed by atoms with Gasteiger partial charge in [0.1, 0.15) is 0 Å². The topological polar surface area (TPSA) is 55.4 Å². The molecule has 0 spiro atoms. The van der Waals surface area contributed by atoms with Crippen molar-refractivity contribution < 1.29 is 14.3 Å². The van der Waals surface area contributed by atoms with Gasteiger partial charge in [-0.05, 0) is 19.8 Å². The Morgan fingerprint density at radius 3 is 2.47 bits per heavy atom. The van der Waals surface area contributed by atoms with E-state index in [0.717, 1.165) is 12.8 Å². The van der Waals surface area contributed by atoms with Crippen molar-refractivity contribution in [3.8, 4) is 0 Å². The maximum Gasteiger partial charge on any atom is 0.336 e. The third kappa shape index (κ3) is 0.971. The van der Waals surface area contributed by atoms with E-state index in [2.05, 4.69) is 5.32 Å². The number of hydrogen-bond acceptors (Lipinski definition) is 3. The fraction of sp³-hybridized carbons (Fsp3) is 0.818. The summed E-state index contributed by atoms with van der Waals surface area (Å²) >= 11 is 0. The van der Waals surface area contributed by atoms with Crippen LogP contribution < -0.4 is 5.32 Å². The van der Waals surface area contributed by atoms with E-state index in [1.807, 2.05) is 20.8 Å². The summed E-state index contributed by atoms with van der Waals surface area (Å²) < 4.78 is 5.26. The molecule has 0 radical (unpaired) electrons. The minimum atomic E-state index is -0.746. The number of hydrogen-bond donors (Lipinski definition) is 1. The molecule has 3 atom stereocenters. The largest absolute Gasteiger partial charge is 0.453 e. The first kappa shape index (κ1) is 10.5. The van der Waals surface area contributed by atoms with Gasteiger partial charge in [0.25, 0.3) is 0 Å². The van der Waals surface area contributed by atoms with E-state index in [1.54, 1.807) is 0 Å². The zero-order valence-electron chi connectivity index (χ0n) is 9.42. The molecule has 2 fully saturated rings. The molecular formula is C11H17NO3. The predicted octanol–water partition coefficient (Wildman–Crippen LogP) is 0.997. The molecule has 2 aliphatic heterocycles. The Morgan fingerprint density at radius 1 is 1.40 bits per heavy atom. The Morgan fingerprint density at radius 2 is 2.07 bits per heavy atom. The highest BCUT2D eigenvalue weighted by atomic mass is 16.6. The quantitative estimate of drug-likeness (QED) is 0.708. The highest BCUT2D eigenvalue weighted by Crippen LogP contribution is 2.51. The van der Waals surface area contributed by atoms with Gasteiger partial charge >= 0.3 is 5.97 Å². The summed E-state index contributed by atoms with van der Waals surface area (Å²) in [7, 11) is 0. The number of nitrogens with one attached hydrogen (secondary N) is 1. The Bertz CT molecular complexity index is 328. The molecule has 15 heavy (non-hydrogen) atoms. The molecule has 1 amide bonds. The Balaban J connectivity index is 2.34. The molecule has 0 aromatic carbocycles. The van der Waals surface area contributed by atoms with Crippen LogP contribution in [0.15, 0.2) is 0 Å². The summed E-state index contributed by atoms with van der Waals surface area (Å²) in [6.45, 7) is 5.81. The number of rotatable bonds is 3. The zero-order valence-corrected chi connectivity index (χ0v) is 9.42. The average molecular weight is 211 g/mol.